The second kappa shape index (κ2) is 10.5. The number of nitrogens with two attached hydrogens (primary N) is 2. The van der Waals surface area contributed by atoms with E-state index in [2.05, 4.69) is 15.3 Å². The Morgan fingerprint density at radius 1 is 0.971 bits per heavy atom. The van der Waals surface area contributed by atoms with Gasteiger partial charge in [-0.1, -0.05) is 13.8 Å². The second-order valence-corrected chi connectivity index (χ2v) is 8.09. The normalized spacial score (nSPS) is 12.4. The average molecular weight is 487 g/mol. The third-order valence-corrected chi connectivity index (χ3v) is 5.04. The smallest absolute Gasteiger partial charge is 0.416 e. The van der Waals surface area contributed by atoms with Crippen molar-refractivity contribution in [1.82, 2.24) is 15.3 Å². The van der Waals surface area contributed by atoms with Gasteiger partial charge < -0.3 is 16.2 Å². The molecule has 0 spiro atoms. The molecule has 184 valence electrons. The number of benzene rings is 2. The molecule has 2 aromatic carbocycles. The molecule has 8 nitrogen and oxygen atoms in total. The van der Waals surface area contributed by atoms with Crippen molar-refractivity contribution in [2.24, 2.45) is 17.4 Å². The zero-order valence-corrected chi connectivity index (χ0v) is 19.0. The minimum atomic E-state index is -4.43. The SMILES string of the molecule is CC(C)C(NCc1cc(C(N)=O)nc(-c2ccc(Oc3ccc(C(F)(F)F)cc3)cc2)n1)C(N)=O. The molecule has 0 aliphatic carbocycles. The highest BCUT2D eigenvalue weighted by Crippen LogP contribution is 2.31. The lowest BCUT2D eigenvalue weighted by Gasteiger charge is -2.19. The number of primary amides is 2. The molecule has 0 fully saturated rings. The molecule has 1 aromatic heterocycles. The molecule has 3 aromatic rings. The van der Waals surface area contributed by atoms with Gasteiger partial charge in [0.1, 0.15) is 17.2 Å². The molecule has 5 N–H and O–H groups in total. The Labute approximate surface area is 199 Å². The fraction of sp³-hybridized carbons (Fsp3) is 0.250. The van der Waals surface area contributed by atoms with Gasteiger partial charge in [-0.25, -0.2) is 9.97 Å². The Kier molecular flexibility index (Phi) is 7.70. The van der Waals surface area contributed by atoms with Gasteiger partial charge in [0.2, 0.25) is 5.91 Å². The minimum absolute atomic E-state index is 0.00273. The van der Waals surface area contributed by atoms with Gasteiger partial charge in [0.05, 0.1) is 17.3 Å². The molecule has 35 heavy (non-hydrogen) atoms. The van der Waals surface area contributed by atoms with Crippen LogP contribution in [0, 0.1) is 5.92 Å². The van der Waals surface area contributed by atoms with E-state index in [4.69, 9.17) is 16.2 Å². The lowest BCUT2D eigenvalue weighted by Crippen LogP contribution is -2.44. The van der Waals surface area contributed by atoms with Crippen molar-refractivity contribution in [1.29, 1.82) is 0 Å². The summed E-state index contributed by atoms with van der Waals surface area (Å²) in [6.45, 7) is 3.84. The van der Waals surface area contributed by atoms with Crippen LogP contribution in [-0.2, 0) is 17.5 Å². The Hall–Kier alpha value is -3.99. The van der Waals surface area contributed by atoms with E-state index in [0.717, 1.165) is 12.1 Å². The predicted octanol–water partition coefficient (Wildman–Crippen LogP) is 3.65. The van der Waals surface area contributed by atoms with Gasteiger partial charge in [-0.15, -0.1) is 0 Å². The highest BCUT2D eigenvalue weighted by atomic mass is 19.4. The number of hydrogen-bond acceptors (Lipinski definition) is 6. The average Bonchev–Trinajstić information content (AvgIpc) is 2.79. The predicted molar refractivity (Wildman–Crippen MR) is 122 cm³/mol. The maximum Gasteiger partial charge on any atom is 0.416 e. The molecular formula is C24H24F3N5O3. The van der Waals surface area contributed by atoms with Crippen LogP contribution >= 0.6 is 0 Å². The van der Waals surface area contributed by atoms with Crippen molar-refractivity contribution >= 4 is 11.8 Å². The van der Waals surface area contributed by atoms with E-state index in [0.29, 0.717) is 17.0 Å². The number of nitrogens with zero attached hydrogens (tertiary/aromatic N) is 2. The standard InChI is InChI=1S/C24H24F3N5O3/c1-13(2)20(22(29)34)30-12-16-11-19(21(28)33)32-23(31-16)14-3-7-17(8-4-14)35-18-9-5-15(6-10-18)24(25,26)27/h3-11,13,20,30H,12H2,1-2H3,(H2,28,33)(H2,29,34). The fourth-order valence-corrected chi connectivity index (χ4v) is 3.24. The Morgan fingerprint density at radius 3 is 2.03 bits per heavy atom. The summed E-state index contributed by atoms with van der Waals surface area (Å²) >= 11 is 0. The molecule has 0 saturated carbocycles. The molecule has 1 heterocycles. The molecule has 11 heteroatoms. The maximum atomic E-state index is 12.7. The Balaban J connectivity index is 1.79. The summed E-state index contributed by atoms with van der Waals surface area (Å²) in [7, 11) is 0. The van der Waals surface area contributed by atoms with Crippen molar-refractivity contribution in [3.8, 4) is 22.9 Å². The van der Waals surface area contributed by atoms with Crippen molar-refractivity contribution in [3.63, 3.8) is 0 Å². The number of rotatable bonds is 9. The van der Waals surface area contributed by atoms with E-state index in [9.17, 15) is 22.8 Å². The van der Waals surface area contributed by atoms with E-state index in [1.54, 1.807) is 24.3 Å². The van der Waals surface area contributed by atoms with Gasteiger partial charge in [-0.2, -0.15) is 13.2 Å². The van der Waals surface area contributed by atoms with E-state index in [1.165, 1.54) is 18.2 Å². The molecule has 0 radical (unpaired) electrons. The monoisotopic (exact) mass is 487 g/mol. The van der Waals surface area contributed by atoms with E-state index >= 15 is 0 Å². The summed E-state index contributed by atoms with van der Waals surface area (Å²) in [5.41, 5.74) is 11.0. The number of alkyl halides is 3. The molecule has 0 saturated heterocycles. The number of carbonyl (C=O) groups is 2. The molecule has 1 unspecified atom stereocenters. The van der Waals surface area contributed by atoms with E-state index < -0.39 is 29.6 Å². The van der Waals surface area contributed by atoms with E-state index in [-0.39, 0.29) is 29.7 Å². The molecule has 0 aliphatic rings. The molecule has 2 amide bonds. The van der Waals surface area contributed by atoms with E-state index in [1.807, 2.05) is 13.8 Å². The number of amides is 2. The number of hydrogen-bond donors (Lipinski definition) is 3. The number of ether oxygens (including phenoxy) is 1. The second-order valence-electron chi connectivity index (χ2n) is 8.09. The van der Waals surface area contributed by atoms with Crippen LogP contribution in [-0.4, -0.2) is 27.8 Å². The lowest BCUT2D eigenvalue weighted by molar-refractivity contribution is -0.137. The molecule has 1 atom stereocenters. The summed E-state index contributed by atoms with van der Waals surface area (Å²) in [5, 5.41) is 3.02. The van der Waals surface area contributed by atoms with Crippen LogP contribution < -0.4 is 21.5 Å². The number of carbonyl (C=O) groups excluding carboxylic acids is 2. The highest BCUT2D eigenvalue weighted by Gasteiger charge is 2.30. The fourth-order valence-electron chi connectivity index (χ4n) is 3.24. The quantitative estimate of drug-likeness (QED) is 0.422. The zero-order valence-electron chi connectivity index (χ0n) is 19.0. The molecule has 0 bridgehead atoms. The largest absolute Gasteiger partial charge is 0.457 e. The van der Waals surface area contributed by atoms with Crippen LogP contribution in [0.3, 0.4) is 0 Å². The Morgan fingerprint density at radius 2 is 1.54 bits per heavy atom. The maximum absolute atomic E-state index is 12.7. The van der Waals surface area contributed by atoms with Crippen LogP contribution in [0.1, 0.15) is 35.6 Å². The molecule has 3 rings (SSSR count). The Bertz CT molecular complexity index is 1200. The highest BCUT2D eigenvalue weighted by molar-refractivity contribution is 5.91. The van der Waals surface area contributed by atoms with Gasteiger partial charge in [0, 0.05) is 12.1 Å². The summed E-state index contributed by atoms with van der Waals surface area (Å²) in [4.78, 5) is 32.1. The zero-order chi connectivity index (χ0) is 25.8. The molecular weight excluding hydrogens is 463 g/mol. The molecule has 0 aliphatic heterocycles. The number of aromatic nitrogens is 2. The first kappa shape index (κ1) is 25.6. The van der Waals surface area contributed by atoms with Crippen LogP contribution in [0.4, 0.5) is 13.2 Å². The van der Waals surface area contributed by atoms with Crippen molar-refractivity contribution in [3.05, 3.63) is 71.5 Å². The first-order valence-electron chi connectivity index (χ1n) is 10.6. The van der Waals surface area contributed by atoms with Crippen molar-refractivity contribution in [2.75, 3.05) is 0 Å². The van der Waals surface area contributed by atoms with Crippen LogP contribution in [0.5, 0.6) is 11.5 Å². The number of nitrogens with one attached hydrogen (secondary N) is 1. The summed E-state index contributed by atoms with van der Waals surface area (Å²) in [6, 6.07) is 11.6. The number of halogens is 3. The van der Waals surface area contributed by atoms with Gasteiger partial charge in [-0.05, 0) is 60.5 Å². The van der Waals surface area contributed by atoms with Crippen LogP contribution in [0.25, 0.3) is 11.4 Å². The summed E-state index contributed by atoms with van der Waals surface area (Å²) in [6.07, 6.45) is -4.43. The van der Waals surface area contributed by atoms with Gasteiger partial charge in [-0.3, -0.25) is 14.9 Å². The topological polar surface area (TPSA) is 133 Å². The van der Waals surface area contributed by atoms with Crippen LogP contribution in [0.15, 0.2) is 54.6 Å². The summed E-state index contributed by atoms with van der Waals surface area (Å²) in [5.74, 6) is -0.468. The van der Waals surface area contributed by atoms with Crippen molar-refractivity contribution in [2.45, 2.75) is 32.6 Å². The van der Waals surface area contributed by atoms with Gasteiger partial charge in [0.15, 0.2) is 5.82 Å². The van der Waals surface area contributed by atoms with Gasteiger partial charge in [0.25, 0.3) is 5.91 Å². The summed E-state index contributed by atoms with van der Waals surface area (Å²) < 4.78 is 43.7. The van der Waals surface area contributed by atoms with Crippen LogP contribution in [0.2, 0.25) is 0 Å². The first-order valence-corrected chi connectivity index (χ1v) is 10.6. The third kappa shape index (κ3) is 6.76. The first-order chi connectivity index (χ1) is 16.4. The lowest BCUT2D eigenvalue weighted by atomic mass is 10.0. The minimum Gasteiger partial charge on any atom is -0.457 e. The van der Waals surface area contributed by atoms with Gasteiger partial charge >= 0.3 is 6.18 Å². The van der Waals surface area contributed by atoms with Crippen molar-refractivity contribution < 1.29 is 27.5 Å². The third-order valence-electron chi connectivity index (χ3n) is 5.04.